The minimum atomic E-state index is 0.102. The summed E-state index contributed by atoms with van der Waals surface area (Å²) in [6.45, 7) is 7.10. The fraction of sp³-hybridized carbons (Fsp3) is 0.562. The van der Waals surface area contributed by atoms with E-state index in [0.717, 1.165) is 35.5 Å². The Bertz CT molecular complexity index is 448. The van der Waals surface area contributed by atoms with Gasteiger partial charge < -0.3 is 10.2 Å². The summed E-state index contributed by atoms with van der Waals surface area (Å²) in [6.07, 6.45) is 3.12. The molecule has 1 aromatic rings. The van der Waals surface area contributed by atoms with Crippen LogP contribution in [-0.4, -0.2) is 42.4 Å². The van der Waals surface area contributed by atoms with E-state index in [4.69, 9.17) is 0 Å². The van der Waals surface area contributed by atoms with Crippen molar-refractivity contribution in [3.8, 4) is 0 Å². The molecular formula is C16H26N2OS. The summed E-state index contributed by atoms with van der Waals surface area (Å²) in [5.74, 6) is 1.18. The lowest BCUT2D eigenvalue weighted by Gasteiger charge is -2.25. The molecule has 20 heavy (non-hydrogen) atoms. The number of benzene rings is 1. The lowest BCUT2D eigenvalue weighted by atomic mass is 10.1. The van der Waals surface area contributed by atoms with Crippen LogP contribution in [0.25, 0.3) is 0 Å². The van der Waals surface area contributed by atoms with Gasteiger partial charge in [0.1, 0.15) is 0 Å². The summed E-state index contributed by atoms with van der Waals surface area (Å²) in [7, 11) is 1.89. The van der Waals surface area contributed by atoms with E-state index >= 15 is 0 Å². The smallest absolute Gasteiger partial charge is 0.253 e. The van der Waals surface area contributed by atoms with Crippen LogP contribution in [0.4, 0.5) is 5.69 Å². The van der Waals surface area contributed by atoms with Gasteiger partial charge in [0.25, 0.3) is 5.91 Å². The van der Waals surface area contributed by atoms with Crippen molar-refractivity contribution >= 4 is 23.4 Å². The molecule has 1 N–H and O–H groups in total. The van der Waals surface area contributed by atoms with Gasteiger partial charge in [0, 0.05) is 30.9 Å². The third-order valence-electron chi connectivity index (χ3n) is 3.56. The number of amides is 1. The van der Waals surface area contributed by atoms with Gasteiger partial charge in [0.15, 0.2) is 0 Å². The minimum absolute atomic E-state index is 0.102. The number of carbonyl (C=O) groups excluding carboxylic acids is 1. The summed E-state index contributed by atoms with van der Waals surface area (Å²) < 4.78 is 0. The van der Waals surface area contributed by atoms with Gasteiger partial charge in [-0.2, -0.15) is 11.8 Å². The quantitative estimate of drug-likeness (QED) is 0.833. The van der Waals surface area contributed by atoms with Crippen molar-refractivity contribution in [2.24, 2.45) is 0 Å². The first-order valence-electron chi connectivity index (χ1n) is 7.11. The molecule has 0 heterocycles. The Hall–Kier alpha value is -1.16. The normalized spacial score (nSPS) is 12.1. The second kappa shape index (κ2) is 8.20. The zero-order chi connectivity index (χ0) is 15.1. The number of nitrogens with one attached hydrogen (secondary N) is 1. The van der Waals surface area contributed by atoms with Crippen LogP contribution in [0, 0.1) is 6.92 Å². The average Bonchev–Trinajstić information content (AvgIpc) is 2.45. The number of thioether (sulfide) groups is 1. The molecule has 1 rings (SSSR count). The van der Waals surface area contributed by atoms with E-state index in [0.29, 0.717) is 0 Å². The molecule has 1 atom stereocenters. The van der Waals surface area contributed by atoms with Crippen LogP contribution < -0.4 is 5.32 Å². The summed E-state index contributed by atoms with van der Waals surface area (Å²) in [5, 5.41) is 3.29. The van der Waals surface area contributed by atoms with E-state index in [2.05, 4.69) is 25.4 Å². The van der Waals surface area contributed by atoms with Gasteiger partial charge in [-0.1, -0.05) is 0 Å². The van der Waals surface area contributed by atoms with Gasteiger partial charge in [0.2, 0.25) is 0 Å². The van der Waals surface area contributed by atoms with Crippen molar-refractivity contribution in [1.82, 2.24) is 4.90 Å². The lowest BCUT2D eigenvalue weighted by Crippen LogP contribution is -2.35. The van der Waals surface area contributed by atoms with Gasteiger partial charge in [-0.3, -0.25) is 4.79 Å². The molecule has 0 fully saturated rings. The number of aryl methyl sites for hydroxylation is 1. The van der Waals surface area contributed by atoms with E-state index in [9.17, 15) is 4.79 Å². The van der Waals surface area contributed by atoms with Gasteiger partial charge in [-0.15, -0.1) is 0 Å². The topological polar surface area (TPSA) is 32.3 Å². The summed E-state index contributed by atoms with van der Waals surface area (Å²) in [4.78, 5) is 14.3. The summed E-state index contributed by atoms with van der Waals surface area (Å²) >= 11 is 1.82. The van der Waals surface area contributed by atoms with E-state index < -0.39 is 0 Å². The number of carbonyl (C=O) groups is 1. The molecule has 0 spiro atoms. The van der Waals surface area contributed by atoms with Crippen LogP contribution in [0.15, 0.2) is 18.2 Å². The summed E-state index contributed by atoms with van der Waals surface area (Å²) in [6, 6.07) is 6.14. The first-order valence-corrected chi connectivity index (χ1v) is 8.51. The number of rotatable bonds is 7. The largest absolute Gasteiger partial charge is 0.385 e. The third kappa shape index (κ3) is 4.44. The lowest BCUT2D eigenvalue weighted by molar-refractivity contribution is 0.0741. The van der Waals surface area contributed by atoms with Crippen molar-refractivity contribution in [1.29, 1.82) is 0 Å². The zero-order valence-corrected chi connectivity index (χ0v) is 14.0. The Morgan fingerprint density at radius 3 is 2.70 bits per heavy atom. The Balaban J connectivity index is 2.78. The number of anilines is 1. The average molecular weight is 294 g/mol. The Labute approximate surface area is 127 Å². The Kier molecular flexibility index (Phi) is 6.93. The predicted molar refractivity (Wildman–Crippen MR) is 89.9 cm³/mol. The fourth-order valence-corrected chi connectivity index (χ4v) is 2.65. The fourth-order valence-electron chi connectivity index (χ4n) is 2.07. The minimum Gasteiger partial charge on any atom is -0.385 e. The molecule has 1 unspecified atom stereocenters. The van der Waals surface area contributed by atoms with Gasteiger partial charge in [-0.05, 0) is 63.0 Å². The standard InChI is InChI=1S/C16H26N2OS/c1-6-17-15-8-7-14(11-12(15)2)16(19)18(4)13(3)9-10-20-5/h7-8,11,13,17H,6,9-10H2,1-5H3. The second-order valence-corrected chi connectivity index (χ2v) is 6.09. The Morgan fingerprint density at radius 2 is 2.15 bits per heavy atom. The highest BCUT2D eigenvalue weighted by atomic mass is 32.2. The molecule has 112 valence electrons. The predicted octanol–water partition coefficient (Wildman–Crippen LogP) is 3.64. The molecule has 0 aliphatic carbocycles. The second-order valence-electron chi connectivity index (χ2n) is 5.11. The maximum Gasteiger partial charge on any atom is 0.253 e. The van der Waals surface area contributed by atoms with Gasteiger partial charge in [0.05, 0.1) is 0 Å². The third-order valence-corrected chi connectivity index (χ3v) is 4.21. The van der Waals surface area contributed by atoms with Crippen molar-refractivity contribution in [2.75, 3.05) is 30.9 Å². The first kappa shape index (κ1) is 16.9. The van der Waals surface area contributed by atoms with Crippen LogP contribution in [-0.2, 0) is 0 Å². The molecule has 0 saturated carbocycles. The summed E-state index contributed by atoms with van der Waals surface area (Å²) in [5.41, 5.74) is 2.98. The highest BCUT2D eigenvalue weighted by Crippen LogP contribution is 2.18. The molecule has 1 aromatic carbocycles. The van der Waals surface area contributed by atoms with E-state index in [1.54, 1.807) is 0 Å². The molecule has 3 nitrogen and oxygen atoms in total. The van der Waals surface area contributed by atoms with Gasteiger partial charge in [-0.25, -0.2) is 0 Å². The molecular weight excluding hydrogens is 268 g/mol. The highest BCUT2D eigenvalue weighted by molar-refractivity contribution is 7.98. The van der Waals surface area contributed by atoms with Crippen molar-refractivity contribution in [3.63, 3.8) is 0 Å². The van der Waals surface area contributed by atoms with Crippen LogP contribution in [0.3, 0.4) is 0 Å². The van der Waals surface area contributed by atoms with E-state index in [-0.39, 0.29) is 11.9 Å². The van der Waals surface area contributed by atoms with Crippen molar-refractivity contribution < 1.29 is 4.79 Å². The zero-order valence-electron chi connectivity index (χ0n) is 13.2. The molecule has 0 aliphatic rings. The maximum absolute atomic E-state index is 12.5. The molecule has 0 aromatic heterocycles. The van der Waals surface area contributed by atoms with Crippen LogP contribution in [0.2, 0.25) is 0 Å². The number of nitrogens with zero attached hydrogens (tertiary/aromatic N) is 1. The van der Waals surface area contributed by atoms with Crippen LogP contribution in [0.5, 0.6) is 0 Å². The SMILES string of the molecule is CCNc1ccc(C(=O)N(C)C(C)CCSC)cc1C. The maximum atomic E-state index is 12.5. The van der Waals surface area contributed by atoms with E-state index in [1.807, 2.05) is 48.8 Å². The van der Waals surface area contributed by atoms with Crippen molar-refractivity contribution in [3.05, 3.63) is 29.3 Å². The van der Waals surface area contributed by atoms with Crippen LogP contribution in [0.1, 0.15) is 36.2 Å². The highest BCUT2D eigenvalue weighted by Gasteiger charge is 2.17. The molecule has 0 saturated heterocycles. The van der Waals surface area contributed by atoms with Crippen molar-refractivity contribution in [2.45, 2.75) is 33.2 Å². The number of hydrogen-bond acceptors (Lipinski definition) is 3. The monoisotopic (exact) mass is 294 g/mol. The Morgan fingerprint density at radius 1 is 1.45 bits per heavy atom. The number of hydrogen-bond donors (Lipinski definition) is 1. The molecule has 0 aliphatic heterocycles. The molecule has 0 radical (unpaired) electrons. The molecule has 0 bridgehead atoms. The molecule has 4 heteroatoms. The molecule has 1 amide bonds. The first-order chi connectivity index (χ1) is 9.51. The van der Waals surface area contributed by atoms with E-state index in [1.165, 1.54) is 0 Å². The van der Waals surface area contributed by atoms with Crippen LogP contribution >= 0.6 is 11.8 Å². The van der Waals surface area contributed by atoms with Gasteiger partial charge >= 0.3 is 0 Å².